The van der Waals surface area contributed by atoms with E-state index in [9.17, 15) is 5.11 Å². The van der Waals surface area contributed by atoms with Crippen molar-refractivity contribution in [2.75, 3.05) is 0 Å². The molecule has 2 aromatic rings. The van der Waals surface area contributed by atoms with Gasteiger partial charge in [-0.05, 0) is 42.0 Å². The molecule has 0 spiro atoms. The first-order valence-electron chi connectivity index (χ1n) is 4.93. The second kappa shape index (κ2) is 3.62. The molecular weight excluding hydrogens is 192 g/mol. The summed E-state index contributed by atoms with van der Waals surface area (Å²) in [5.41, 5.74) is 0. The highest BCUT2D eigenvalue weighted by atomic mass is 32.1. The zero-order valence-electron chi connectivity index (χ0n) is 8.45. The van der Waals surface area contributed by atoms with Gasteiger partial charge in [0.2, 0.25) is 0 Å². The molecule has 0 saturated heterocycles. The van der Waals surface area contributed by atoms with Crippen LogP contribution < -0.4 is 0 Å². The molecular formula is C12H14OS. The lowest BCUT2D eigenvalue weighted by Gasteiger charge is -2.02. The van der Waals surface area contributed by atoms with Crippen LogP contribution in [0.5, 0.6) is 5.75 Å². The molecule has 0 aliphatic rings. The number of benzene rings is 1. The van der Waals surface area contributed by atoms with Crippen molar-refractivity contribution in [3.8, 4) is 5.75 Å². The summed E-state index contributed by atoms with van der Waals surface area (Å²) in [6.45, 7) is 4.44. The second-order valence-electron chi connectivity index (χ2n) is 3.68. The fourth-order valence-electron chi connectivity index (χ4n) is 1.48. The molecule has 0 radical (unpaired) electrons. The van der Waals surface area contributed by atoms with E-state index in [0.717, 1.165) is 0 Å². The highest BCUT2D eigenvalue weighted by Gasteiger charge is 2.07. The molecule has 1 aromatic heterocycles. The third-order valence-electron chi connectivity index (χ3n) is 2.62. The lowest BCUT2D eigenvalue weighted by atomic mass is 10.1. The van der Waals surface area contributed by atoms with Gasteiger partial charge in [-0.1, -0.05) is 13.8 Å². The van der Waals surface area contributed by atoms with Crippen molar-refractivity contribution >= 4 is 21.4 Å². The summed E-state index contributed by atoms with van der Waals surface area (Å²) in [7, 11) is 0. The standard InChI is InChI=1S/C12H14OS/c1-3-8(2)11-6-9-4-5-10(13)7-12(9)14-11/h4-8,13H,3H2,1-2H3. The Kier molecular flexibility index (Phi) is 2.46. The van der Waals surface area contributed by atoms with E-state index in [1.54, 1.807) is 17.4 Å². The zero-order chi connectivity index (χ0) is 10.1. The Labute approximate surface area is 88.0 Å². The van der Waals surface area contributed by atoms with E-state index < -0.39 is 0 Å². The summed E-state index contributed by atoms with van der Waals surface area (Å²) in [6.07, 6.45) is 1.17. The van der Waals surface area contributed by atoms with E-state index in [0.29, 0.717) is 11.7 Å². The molecule has 1 aromatic carbocycles. The molecule has 2 heteroatoms. The molecule has 2 rings (SSSR count). The molecule has 0 saturated carbocycles. The van der Waals surface area contributed by atoms with Crippen LogP contribution in [0.2, 0.25) is 0 Å². The Hall–Kier alpha value is -1.02. The minimum atomic E-state index is 0.357. The number of rotatable bonds is 2. The van der Waals surface area contributed by atoms with Crippen molar-refractivity contribution < 1.29 is 5.11 Å². The maximum absolute atomic E-state index is 9.34. The average Bonchev–Trinajstić information content (AvgIpc) is 2.59. The second-order valence-corrected chi connectivity index (χ2v) is 4.80. The van der Waals surface area contributed by atoms with Gasteiger partial charge in [-0.2, -0.15) is 0 Å². The summed E-state index contributed by atoms with van der Waals surface area (Å²) in [5, 5.41) is 10.6. The van der Waals surface area contributed by atoms with Crippen LogP contribution >= 0.6 is 11.3 Å². The van der Waals surface area contributed by atoms with Crippen molar-refractivity contribution in [3.05, 3.63) is 29.1 Å². The normalized spacial score (nSPS) is 13.3. The fraction of sp³-hybridized carbons (Fsp3) is 0.333. The number of hydrogen-bond acceptors (Lipinski definition) is 2. The number of hydrogen-bond donors (Lipinski definition) is 1. The van der Waals surface area contributed by atoms with Gasteiger partial charge >= 0.3 is 0 Å². The molecule has 1 nitrogen and oxygen atoms in total. The summed E-state index contributed by atoms with van der Waals surface area (Å²) in [6, 6.07) is 7.79. The van der Waals surface area contributed by atoms with Crippen LogP contribution in [0.4, 0.5) is 0 Å². The molecule has 0 aliphatic carbocycles. The summed E-state index contributed by atoms with van der Waals surface area (Å²) < 4.78 is 1.18. The van der Waals surface area contributed by atoms with Crippen LogP contribution in [0.1, 0.15) is 31.1 Å². The molecule has 14 heavy (non-hydrogen) atoms. The van der Waals surface area contributed by atoms with Crippen LogP contribution in [-0.2, 0) is 0 Å². The third kappa shape index (κ3) is 1.62. The van der Waals surface area contributed by atoms with Crippen molar-refractivity contribution in [1.29, 1.82) is 0 Å². The van der Waals surface area contributed by atoms with Crippen molar-refractivity contribution in [2.45, 2.75) is 26.2 Å². The monoisotopic (exact) mass is 206 g/mol. The number of phenolic OH excluding ortho intramolecular Hbond substituents is 1. The van der Waals surface area contributed by atoms with Gasteiger partial charge in [-0.15, -0.1) is 11.3 Å². The minimum absolute atomic E-state index is 0.357. The lowest BCUT2D eigenvalue weighted by Crippen LogP contribution is -1.84. The predicted octanol–water partition coefficient (Wildman–Crippen LogP) is 4.12. The maximum atomic E-state index is 9.34. The SMILES string of the molecule is CCC(C)c1cc2ccc(O)cc2s1. The van der Waals surface area contributed by atoms with E-state index in [2.05, 4.69) is 19.9 Å². The van der Waals surface area contributed by atoms with E-state index >= 15 is 0 Å². The molecule has 1 heterocycles. The Morgan fingerprint density at radius 3 is 2.86 bits per heavy atom. The van der Waals surface area contributed by atoms with Gasteiger partial charge in [0.25, 0.3) is 0 Å². The molecule has 0 aliphatic heterocycles. The highest BCUT2D eigenvalue weighted by Crippen LogP contribution is 2.33. The third-order valence-corrected chi connectivity index (χ3v) is 3.95. The van der Waals surface area contributed by atoms with E-state index in [4.69, 9.17) is 0 Å². The molecule has 1 atom stereocenters. The molecule has 74 valence electrons. The predicted molar refractivity (Wildman–Crippen MR) is 62.2 cm³/mol. The summed E-state index contributed by atoms with van der Waals surface area (Å²) >= 11 is 1.78. The number of fused-ring (bicyclic) bond motifs is 1. The van der Waals surface area contributed by atoms with Gasteiger partial charge < -0.3 is 5.11 Å². The van der Waals surface area contributed by atoms with E-state index in [1.165, 1.54) is 21.4 Å². The van der Waals surface area contributed by atoms with E-state index in [1.807, 2.05) is 12.1 Å². The van der Waals surface area contributed by atoms with Gasteiger partial charge in [0.05, 0.1) is 0 Å². The molecule has 0 bridgehead atoms. The smallest absolute Gasteiger partial charge is 0.117 e. The number of thiophene rings is 1. The van der Waals surface area contributed by atoms with Gasteiger partial charge in [0, 0.05) is 9.58 Å². The maximum Gasteiger partial charge on any atom is 0.117 e. The van der Waals surface area contributed by atoms with Crippen LogP contribution in [-0.4, -0.2) is 5.11 Å². The Morgan fingerprint density at radius 1 is 1.36 bits per heavy atom. The van der Waals surface area contributed by atoms with Crippen LogP contribution in [0.25, 0.3) is 10.1 Å². The fourth-order valence-corrected chi connectivity index (χ4v) is 2.72. The van der Waals surface area contributed by atoms with Crippen molar-refractivity contribution in [2.24, 2.45) is 0 Å². The lowest BCUT2D eigenvalue weighted by molar-refractivity contribution is 0.476. The van der Waals surface area contributed by atoms with Crippen LogP contribution in [0, 0.1) is 0 Å². The largest absolute Gasteiger partial charge is 0.508 e. The topological polar surface area (TPSA) is 20.2 Å². The van der Waals surface area contributed by atoms with Crippen molar-refractivity contribution in [1.82, 2.24) is 0 Å². The van der Waals surface area contributed by atoms with Gasteiger partial charge in [-0.3, -0.25) is 0 Å². The number of aromatic hydroxyl groups is 1. The molecule has 1 unspecified atom stereocenters. The summed E-state index contributed by atoms with van der Waals surface area (Å²) in [5.74, 6) is 0.976. The molecule has 1 N–H and O–H groups in total. The first-order chi connectivity index (χ1) is 6.70. The van der Waals surface area contributed by atoms with Crippen LogP contribution in [0.15, 0.2) is 24.3 Å². The van der Waals surface area contributed by atoms with E-state index in [-0.39, 0.29) is 0 Å². The van der Waals surface area contributed by atoms with Gasteiger partial charge in [0.1, 0.15) is 5.75 Å². The van der Waals surface area contributed by atoms with Crippen molar-refractivity contribution in [3.63, 3.8) is 0 Å². The average molecular weight is 206 g/mol. The Balaban J connectivity index is 2.51. The quantitative estimate of drug-likeness (QED) is 0.783. The number of phenols is 1. The first kappa shape index (κ1) is 9.53. The Morgan fingerprint density at radius 2 is 2.14 bits per heavy atom. The van der Waals surface area contributed by atoms with Crippen LogP contribution in [0.3, 0.4) is 0 Å². The molecule has 0 fully saturated rings. The highest BCUT2D eigenvalue weighted by molar-refractivity contribution is 7.19. The first-order valence-corrected chi connectivity index (χ1v) is 5.75. The van der Waals surface area contributed by atoms with Gasteiger partial charge in [-0.25, -0.2) is 0 Å². The minimum Gasteiger partial charge on any atom is -0.508 e. The molecule has 0 amide bonds. The Bertz CT molecular complexity index is 445. The summed E-state index contributed by atoms with van der Waals surface area (Å²) in [4.78, 5) is 1.41. The zero-order valence-corrected chi connectivity index (χ0v) is 9.27. The van der Waals surface area contributed by atoms with Gasteiger partial charge in [0.15, 0.2) is 0 Å².